The maximum atomic E-state index is 13.2. The third-order valence-corrected chi connectivity index (χ3v) is 5.09. The average molecular weight is 437 g/mol. The first-order valence-corrected chi connectivity index (χ1v) is 10.2. The lowest BCUT2D eigenvalue weighted by Crippen LogP contribution is -2.18. The molecule has 158 valence electrons. The van der Waals surface area contributed by atoms with Crippen LogP contribution in [0.5, 0.6) is 5.75 Å². The minimum Gasteiger partial charge on any atom is -0.495 e. The van der Waals surface area contributed by atoms with Crippen molar-refractivity contribution in [1.82, 2.24) is 14.3 Å². The van der Waals surface area contributed by atoms with Gasteiger partial charge in [-0.2, -0.15) is 9.78 Å². The molecular weight excluding hydrogens is 416 g/mol. The van der Waals surface area contributed by atoms with Crippen molar-refractivity contribution < 1.29 is 9.53 Å². The molecule has 2 aromatic rings. The molecule has 0 spiro atoms. The lowest BCUT2D eigenvalue weighted by atomic mass is 10.1. The standard InChI is InChI=1S/C23H21ClN4O3/c1-3-11-27-13-17(22(29)25-19-12-15(24)9-10-20(19)31-2)21-18(14-27)23(30)28(26-21)16-7-5-4-6-8-16/h4-10,12-14H,3,11H2,1-2H3,(H,25,29). The zero-order valence-corrected chi connectivity index (χ0v) is 17.9. The number of rotatable bonds is 6. The van der Waals surface area contributed by atoms with Crippen molar-refractivity contribution >= 4 is 23.2 Å². The number of fused-ring (bicyclic) bond motifs is 1. The van der Waals surface area contributed by atoms with E-state index in [0.717, 1.165) is 6.42 Å². The molecule has 7 nitrogen and oxygen atoms in total. The lowest BCUT2D eigenvalue weighted by Gasteiger charge is -2.14. The van der Waals surface area contributed by atoms with Gasteiger partial charge in [0.25, 0.3) is 11.5 Å². The minimum absolute atomic E-state index is 0.277. The molecular formula is C23H21ClN4O3. The van der Waals surface area contributed by atoms with Crippen molar-refractivity contribution in [2.45, 2.75) is 19.9 Å². The van der Waals surface area contributed by atoms with E-state index in [-0.39, 0.29) is 5.56 Å². The molecule has 0 radical (unpaired) electrons. The van der Waals surface area contributed by atoms with E-state index < -0.39 is 5.91 Å². The number of carbonyl (C=O) groups excluding carboxylic acids is 1. The molecule has 0 saturated carbocycles. The zero-order chi connectivity index (χ0) is 22.0. The van der Waals surface area contributed by atoms with Gasteiger partial charge in [-0.3, -0.25) is 9.59 Å². The lowest BCUT2D eigenvalue weighted by molar-refractivity contribution is 0.102. The summed E-state index contributed by atoms with van der Waals surface area (Å²) in [6.45, 7) is 2.69. The number of carbonyl (C=O) groups is 1. The highest BCUT2D eigenvalue weighted by Gasteiger charge is 2.25. The van der Waals surface area contributed by atoms with Gasteiger partial charge < -0.3 is 14.6 Å². The van der Waals surface area contributed by atoms with Crippen LogP contribution < -0.4 is 15.6 Å². The smallest absolute Gasteiger partial charge is 0.282 e. The van der Waals surface area contributed by atoms with Crippen LogP contribution in [0.2, 0.25) is 5.02 Å². The Kier molecular flexibility index (Phi) is 5.77. The fraction of sp³-hybridized carbons (Fsp3) is 0.174. The van der Waals surface area contributed by atoms with Crippen molar-refractivity contribution in [3.8, 4) is 22.7 Å². The molecule has 1 amide bonds. The van der Waals surface area contributed by atoms with Gasteiger partial charge in [-0.15, -0.1) is 0 Å². The number of anilines is 1. The van der Waals surface area contributed by atoms with Gasteiger partial charge in [0.1, 0.15) is 11.4 Å². The summed E-state index contributed by atoms with van der Waals surface area (Å²) >= 11 is 6.09. The number of aryl methyl sites for hydroxylation is 1. The van der Waals surface area contributed by atoms with E-state index in [2.05, 4.69) is 10.4 Å². The SMILES string of the molecule is CCCn1cc(C(=O)Nc2cc(Cl)ccc2OC)c2nn(-c3ccccc3)c(=O)c-2c1. The molecule has 0 fully saturated rings. The molecule has 2 aliphatic heterocycles. The zero-order valence-electron chi connectivity index (χ0n) is 17.1. The number of amides is 1. The molecule has 0 saturated heterocycles. The molecule has 0 atom stereocenters. The molecule has 0 aromatic heterocycles. The first kappa shape index (κ1) is 20.7. The van der Waals surface area contributed by atoms with Gasteiger partial charge in [-0.05, 0) is 36.8 Å². The van der Waals surface area contributed by atoms with E-state index in [4.69, 9.17) is 16.3 Å². The molecule has 0 bridgehead atoms. The topological polar surface area (TPSA) is 78.2 Å². The quantitative estimate of drug-likeness (QED) is 0.484. The van der Waals surface area contributed by atoms with E-state index >= 15 is 0 Å². The van der Waals surface area contributed by atoms with E-state index in [1.807, 2.05) is 29.7 Å². The number of ether oxygens (including phenoxy) is 1. The van der Waals surface area contributed by atoms with Gasteiger partial charge in [0, 0.05) is 24.0 Å². The van der Waals surface area contributed by atoms with Gasteiger partial charge in [0.05, 0.1) is 29.6 Å². The Morgan fingerprint density at radius 1 is 1.16 bits per heavy atom. The van der Waals surface area contributed by atoms with Crippen molar-refractivity contribution in [1.29, 1.82) is 0 Å². The van der Waals surface area contributed by atoms with Gasteiger partial charge in [-0.25, -0.2) is 0 Å². The number of pyridine rings is 1. The summed E-state index contributed by atoms with van der Waals surface area (Å²) in [7, 11) is 1.51. The number of methoxy groups -OCH3 is 1. The summed E-state index contributed by atoms with van der Waals surface area (Å²) in [6, 6.07) is 14.1. The second kappa shape index (κ2) is 8.65. The van der Waals surface area contributed by atoms with Crippen LogP contribution in [-0.4, -0.2) is 27.4 Å². The normalized spacial score (nSPS) is 10.9. The average Bonchev–Trinajstić information content (AvgIpc) is 3.11. The number of benzene rings is 2. The van der Waals surface area contributed by atoms with Crippen LogP contribution in [0, 0.1) is 0 Å². The molecule has 8 heteroatoms. The van der Waals surface area contributed by atoms with Crippen LogP contribution in [0.1, 0.15) is 23.7 Å². The number of nitrogens with one attached hydrogen (secondary N) is 1. The summed E-state index contributed by atoms with van der Waals surface area (Å²) in [4.78, 5) is 26.3. The predicted molar refractivity (Wildman–Crippen MR) is 121 cm³/mol. The maximum Gasteiger partial charge on any atom is 0.282 e. The molecule has 2 aromatic carbocycles. The monoisotopic (exact) mass is 436 g/mol. The summed E-state index contributed by atoms with van der Waals surface area (Å²) in [6.07, 6.45) is 4.30. The summed E-state index contributed by atoms with van der Waals surface area (Å²) in [5, 5.41) is 7.78. The second-order valence-corrected chi connectivity index (χ2v) is 7.46. The molecule has 0 unspecified atom stereocenters. The molecule has 1 N–H and O–H groups in total. The van der Waals surface area contributed by atoms with E-state index in [9.17, 15) is 9.59 Å². The Labute approximate surface area is 184 Å². The Morgan fingerprint density at radius 3 is 2.65 bits per heavy atom. The highest BCUT2D eigenvalue weighted by molar-refractivity contribution is 6.31. The van der Waals surface area contributed by atoms with Crippen molar-refractivity contribution in [3.63, 3.8) is 0 Å². The Balaban J connectivity index is 1.83. The van der Waals surface area contributed by atoms with Crippen LogP contribution in [-0.2, 0) is 6.54 Å². The highest BCUT2D eigenvalue weighted by Crippen LogP contribution is 2.29. The minimum atomic E-state index is -0.409. The van der Waals surface area contributed by atoms with E-state index in [1.165, 1.54) is 11.8 Å². The van der Waals surface area contributed by atoms with Crippen LogP contribution >= 0.6 is 11.6 Å². The van der Waals surface area contributed by atoms with Gasteiger partial charge >= 0.3 is 0 Å². The summed E-state index contributed by atoms with van der Waals surface area (Å²) in [5.74, 6) is 0.0689. The number of hydrogen-bond donors (Lipinski definition) is 1. The van der Waals surface area contributed by atoms with Gasteiger partial charge in [-0.1, -0.05) is 36.7 Å². The molecule has 2 aliphatic rings. The van der Waals surface area contributed by atoms with Crippen LogP contribution in [0.4, 0.5) is 5.69 Å². The third-order valence-electron chi connectivity index (χ3n) is 4.86. The number of para-hydroxylation sites is 1. The molecule has 31 heavy (non-hydrogen) atoms. The third kappa shape index (κ3) is 4.04. The summed E-state index contributed by atoms with van der Waals surface area (Å²) in [5.41, 5.74) is 1.79. The number of hydrogen-bond acceptors (Lipinski definition) is 4. The van der Waals surface area contributed by atoms with Gasteiger partial charge in [0.15, 0.2) is 0 Å². The Morgan fingerprint density at radius 2 is 1.94 bits per heavy atom. The Bertz CT molecular complexity index is 1260. The van der Waals surface area contributed by atoms with Crippen molar-refractivity contribution in [2.24, 2.45) is 0 Å². The highest BCUT2D eigenvalue weighted by atomic mass is 35.5. The second-order valence-electron chi connectivity index (χ2n) is 7.02. The first-order chi connectivity index (χ1) is 15.0. The predicted octanol–water partition coefficient (Wildman–Crippen LogP) is 4.46. The fourth-order valence-electron chi connectivity index (χ4n) is 3.43. The number of aromatic nitrogens is 3. The molecule has 0 aliphatic carbocycles. The Hall–Kier alpha value is -3.58. The van der Waals surface area contributed by atoms with Gasteiger partial charge in [0.2, 0.25) is 0 Å². The summed E-state index contributed by atoms with van der Waals surface area (Å²) < 4.78 is 8.47. The van der Waals surface area contributed by atoms with Crippen LogP contribution in [0.25, 0.3) is 16.9 Å². The molecule has 2 heterocycles. The van der Waals surface area contributed by atoms with Crippen LogP contribution in [0.15, 0.2) is 65.7 Å². The number of nitrogens with zero attached hydrogens (tertiary/aromatic N) is 3. The van der Waals surface area contributed by atoms with Crippen molar-refractivity contribution in [3.05, 3.63) is 81.9 Å². The molecule has 4 rings (SSSR count). The maximum absolute atomic E-state index is 13.2. The van der Waals surface area contributed by atoms with E-state index in [0.29, 0.717) is 45.5 Å². The fourth-order valence-corrected chi connectivity index (χ4v) is 3.60. The van der Waals surface area contributed by atoms with Crippen LogP contribution in [0.3, 0.4) is 0 Å². The van der Waals surface area contributed by atoms with E-state index in [1.54, 1.807) is 42.7 Å². The van der Waals surface area contributed by atoms with Crippen molar-refractivity contribution in [2.75, 3.05) is 12.4 Å². The number of halogens is 1. The first-order valence-electron chi connectivity index (χ1n) is 9.85. The largest absolute Gasteiger partial charge is 0.495 e.